The zero-order valence-corrected chi connectivity index (χ0v) is 16.6. The van der Waals surface area contributed by atoms with Crippen LogP contribution < -0.4 is 10.1 Å². The highest BCUT2D eigenvalue weighted by molar-refractivity contribution is 6.30. The minimum Gasteiger partial charge on any atom is -0.497 e. The molecule has 2 amide bonds. The molecule has 144 valence electrons. The number of ether oxygens (including phenoxy) is 1. The van der Waals surface area contributed by atoms with Gasteiger partial charge in [-0.1, -0.05) is 42.8 Å². The molecule has 27 heavy (non-hydrogen) atoms. The maximum absolute atomic E-state index is 12.6. The molecule has 2 aromatic rings. The molecule has 0 bridgehead atoms. The molecule has 6 heteroatoms. The van der Waals surface area contributed by atoms with Crippen LogP contribution in [0.25, 0.3) is 0 Å². The van der Waals surface area contributed by atoms with Gasteiger partial charge in [-0.05, 0) is 42.3 Å². The van der Waals surface area contributed by atoms with Crippen LogP contribution in [0.1, 0.15) is 31.4 Å². The minimum atomic E-state index is -0.577. The predicted octanol–water partition coefficient (Wildman–Crippen LogP) is 3.79. The molecule has 0 aliphatic carbocycles. The first-order chi connectivity index (χ1) is 12.9. The fourth-order valence-electron chi connectivity index (χ4n) is 2.65. The van der Waals surface area contributed by atoms with Gasteiger partial charge in [-0.15, -0.1) is 0 Å². The van der Waals surface area contributed by atoms with Crippen molar-refractivity contribution in [1.29, 1.82) is 0 Å². The van der Waals surface area contributed by atoms with Gasteiger partial charge >= 0.3 is 0 Å². The Hall–Kier alpha value is -2.53. The van der Waals surface area contributed by atoms with E-state index in [1.165, 1.54) is 0 Å². The first-order valence-corrected chi connectivity index (χ1v) is 9.27. The number of halogens is 1. The fourth-order valence-corrected chi connectivity index (χ4v) is 2.78. The average molecular weight is 389 g/mol. The second-order valence-electron chi connectivity index (χ2n) is 6.24. The van der Waals surface area contributed by atoms with E-state index in [1.54, 1.807) is 38.0 Å². The number of hydrogen-bond donors (Lipinski definition) is 1. The van der Waals surface area contributed by atoms with Gasteiger partial charge in [-0.3, -0.25) is 9.59 Å². The van der Waals surface area contributed by atoms with E-state index in [4.69, 9.17) is 16.3 Å². The number of nitrogens with zero attached hydrogens (tertiary/aromatic N) is 1. The van der Waals surface area contributed by atoms with Crippen LogP contribution >= 0.6 is 11.6 Å². The highest BCUT2D eigenvalue weighted by Gasteiger charge is 2.24. The summed E-state index contributed by atoms with van der Waals surface area (Å²) in [6.07, 6.45) is 0.338. The van der Waals surface area contributed by atoms with Crippen molar-refractivity contribution in [3.63, 3.8) is 0 Å². The number of rotatable bonds is 8. The van der Waals surface area contributed by atoms with Crippen LogP contribution in [0.3, 0.4) is 0 Å². The molecule has 0 spiro atoms. The molecule has 0 saturated heterocycles. The number of nitrogens with one attached hydrogen (secondary N) is 1. The van der Waals surface area contributed by atoms with Crippen LogP contribution in [0.2, 0.25) is 5.02 Å². The molecule has 0 radical (unpaired) electrons. The number of carbonyl (C=O) groups is 2. The monoisotopic (exact) mass is 388 g/mol. The summed E-state index contributed by atoms with van der Waals surface area (Å²) < 4.78 is 5.16. The topological polar surface area (TPSA) is 58.6 Å². The SMILES string of the molecule is CCC(=O)N(Cc1ccc(OC)cc1)[C@H](C)C(=O)NCc1ccc(Cl)cc1. The lowest BCUT2D eigenvalue weighted by Crippen LogP contribution is -2.47. The van der Waals surface area contributed by atoms with Gasteiger partial charge in [0.25, 0.3) is 0 Å². The quantitative estimate of drug-likeness (QED) is 0.748. The highest BCUT2D eigenvalue weighted by Crippen LogP contribution is 2.16. The molecule has 0 heterocycles. The van der Waals surface area contributed by atoms with E-state index in [-0.39, 0.29) is 11.8 Å². The highest BCUT2D eigenvalue weighted by atomic mass is 35.5. The van der Waals surface area contributed by atoms with Crippen molar-refractivity contribution >= 4 is 23.4 Å². The van der Waals surface area contributed by atoms with Gasteiger partial charge in [0, 0.05) is 24.5 Å². The molecular formula is C21H25ClN2O3. The van der Waals surface area contributed by atoms with Crippen LogP contribution in [-0.4, -0.2) is 29.9 Å². The first-order valence-electron chi connectivity index (χ1n) is 8.89. The van der Waals surface area contributed by atoms with E-state index in [0.29, 0.717) is 24.5 Å². The molecule has 0 saturated carbocycles. The Kier molecular flexibility index (Phi) is 7.67. The molecule has 2 rings (SSSR count). The Morgan fingerprint density at radius 2 is 1.67 bits per heavy atom. The summed E-state index contributed by atoms with van der Waals surface area (Å²) in [4.78, 5) is 26.6. The number of hydrogen-bond acceptors (Lipinski definition) is 3. The molecule has 0 aliphatic rings. The van der Waals surface area contributed by atoms with E-state index in [9.17, 15) is 9.59 Å². The van der Waals surface area contributed by atoms with Gasteiger partial charge < -0.3 is 15.0 Å². The van der Waals surface area contributed by atoms with Gasteiger partial charge in [-0.2, -0.15) is 0 Å². The van der Waals surface area contributed by atoms with Crippen molar-refractivity contribution in [2.45, 2.75) is 39.4 Å². The predicted molar refractivity (Wildman–Crippen MR) is 107 cm³/mol. The molecule has 1 atom stereocenters. The summed E-state index contributed by atoms with van der Waals surface area (Å²) in [7, 11) is 1.61. The molecular weight excluding hydrogens is 364 g/mol. The third-order valence-electron chi connectivity index (χ3n) is 4.36. The second-order valence-corrected chi connectivity index (χ2v) is 6.68. The Balaban J connectivity index is 2.03. The standard InChI is InChI=1S/C21H25ClN2O3/c1-4-20(25)24(14-17-7-11-19(27-3)12-8-17)15(2)21(26)23-13-16-5-9-18(22)10-6-16/h5-12,15H,4,13-14H2,1-3H3,(H,23,26)/t15-/m1/s1. The lowest BCUT2D eigenvalue weighted by molar-refractivity contribution is -0.140. The Morgan fingerprint density at radius 1 is 1.07 bits per heavy atom. The third kappa shape index (κ3) is 6.00. The van der Waals surface area contributed by atoms with Crippen LogP contribution in [-0.2, 0) is 22.7 Å². The lowest BCUT2D eigenvalue weighted by atomic mass is 10.1. The number of carbonyl (C=O) groups excluding carboxylic acids is 2. The second kappa shape index (κ2) is 9.97. The minimum absolute atomic E-state index is 0.0695. The van der Waals surface area contributed by atoms with Gasteiger partial charge in [-0.25, -0.2) is 0 Å². The molecule has 5 nitrogen and oxygen atoms in total. The van der Waals surface area contributed by atoms with E-state index >= 15 is 0 Å². The van der Waals surface area contributed by atoms with Gasteiger partial charge in [0.1, 0.15) is 11.8 Å². The van der Waals surface area contributed by atoms with E-state index in [0.717, 1.165) is 16.9 Å². The average Bonchev–Trinajstić information content (AvgIpc) is 2.70. The molecule has 0 fully saturated rings. The van der Waals surface area contributed by atoms with E-state index in [2.05, 4.69) is 5.32 Å². The Labute approximate surface area is 165 Å². The summed E-state index contributed by atoms with van der Waals surface area (Å²) >= 11 is 5.87. The van der Waals surface area contributed by atoms with Crippen LogP contribution in [0.4, 0.5) is 0 Å². The summed E-state index contributed by atoms with van der Waals surface area (Å²) in [6.45, 7) is 4.29. The number of methoxy groups -OCH3 is 1. The van der Waals surface area contributed by atoms with Crippen molar-refractivity contribution in [3.05, 3.63) is 64.7 Å². The normalized spacial score (nSPS) is 11.6. The summed E-state index contributed by atoms with van der Waals surface area (Å²) in [5, 5.41) is 3.54. The van der Waals surface area contributed by atoms with Crippen molar-refractivity contribution < 1.29 is 14.3 Å². The maximum Gasteiger partial charge on any atom is 0.242 e. The smallest absolute Gasteiger partial charge is 0.242 e. The van der Waals surface area contributed by atoms with Crippen molar-refractivity contribution in [1.82, 2.24) is 10.2 Å². The molecule has 0 aromatic heterocycles. The first kappa shape index (κ1) is 20.8. The number of amides is 2. The third-order valence-corrected chi connectivity index (χ3v) is 4.61. The van der Waals surface area contributed by atoms with Crippen molar-refractivity contribution in [2.24, 2.45) is 0 Å². The zero-order valence-electron chi connectivity index (χ0n) is 15.9. The Morgan fingerprint density at radius 3 is 2.22 bits per heavy atom. The van der Waals surface area contributed by atoms with E-state index in [1.807, 2.05) is 36.4 Å². The van der Waals surface area contributed by atoms with Gasteiger partial charge in [0.15, 0.2) is 0 Å². The van der Waals surface area contributed by atoms with Crippen LogP contribution in [0, 0.1) is 0 Å². The molecule has 1 N–H and O–H groups in total. The Bertz CT molecular complexity index is 760. The summed E-state index contributed by atoms with van der Waals surface area (Å²) in [5.74, 6) is 0.487. The summed E-state index contributed by atoms with van der Waals surface area (Å²) in [6, 6.07) is 14.2. The summed E-state index contributed by atoms with van der Waals surface area (Å²) in [5.41, 5.74) is 1.89. The maximum atomic E-state index is 12.6. The van der Waals surface area contributed by atoms with E-state index < -0.39 is 6.04 Å². The fraction of sp³-hybridized carbons (Fsp3) is 0.333. The molecule has 0 aliphatic heterocycles. The zero-order chi connectivity index (χ0) is 19.8. The molecule has 2 aromatic carbocycles. The van der Waals surface area contributed by atoms with Crippen LogP contribution in [0.5, 0.6) is 5.75 Å². The molecule has 0 unspecified atom stereocenters. The largest absolute Gasteiger partial charge is 0.497 e. The number of benzene rings is 2. The van der Waals surface area contributed by atoms with Gasteiger partial charge in [0.2, 0.25) is 11.8 Å². The van der Waals surface area contributed by atoms with Gasteiger partial charge in [0.05, 0.1) is 7.11 Å². The lowest BCUT2D eigenvalue weighted by Gasteiger charge is -2.28. The van der Waals surface area contributed by atoms with Crippen LogP contribution in [0.15, 0.2) is 48.5 Å². The van der Waals surface area contributed by atoms with Crippen molar-refractivity contribution in [3.8, 4) is 5.75 Å². The van der Waals surface area contributed by atoms with Crippen molar-refractivity contribution in [2.75, 3.05) is 7.11 Å².